The summed E-state index contributed by atoms with van der Waals surface area (Å²) in [5.74, 6) is 5.63. The number of hydrogen-bond donors (Lipinski definition) is 2. The number of amides is 1. The first kappa shape index (κ1) is 14.0. The molecule has 0 aliphatic rings. The van der Waals surface area contributed by atoms with E-state index >= 15 is 0 Å². The lowest BCUT2D eigenvalue weighted by molar-refractivity contribution is -0.120. The average molecular weight is 271 g/mol. The summed E-state index contributed by atoms with van der Waals surface area (Å²) in [6, 6.07) is 11.3. The Morgan fingerprint density at radius 2 is 2.00 bits per heavy atom. The number of nitrogens with two attached hydrogens (primary N) is 1. The highest BCUT2D eigenvalue weighted by atomic mass is 16.5. The number of hydrazine groups is 1. The first-order chi connectivity index (χ1) is 9.70. The first-order valence-corrected chi connectivity index (χ1v) is 6.31. The Morgan fingerprint density at radius 3 is 2.70 bits per heavy atom. The summed E-state index contributed by atoms with van der Waals surface area (Å²) in [6.45, 7) is 2.28. The zero-order chi connectivity index (χ0) is 14.4. The lowest BCUT2D eigenvalue weighted by Gasteiger charge is -2.11. The third kappa shape index (κ3) is 3.55. The van der Waals surface area contributed by atoms with E-state index in [1.54, 1.807) is 6.20 Å². The van der Waals surface area contributed by atoms with Gasteiger partial charge in [0.1, 0.15) is 12.4 Å². The molecule has 1 amide bonds. The fourth-order valence-corrected chi connectivity index (χ4v) is 1.87. The van der Waals surface area contributed by atoms with Gasteiger partial charge in [-0.3, -0.25) is 15.2 Å². The van der Waals surface area contributed by atoms with Crippen molar-refractivity contribution in [3.05, 3.63) is 59.4 Å². The van der Waals surface area contributed by atoms with Crippen LogP contribution in [0.5, 0.6) is 5.75 Å². The van der Waals surface area contributed by atoms with Gasteiger partial charge in [-0.05, 0) is 30.2 Å². The fourth-order valence-electron chi connectivity index (χ4n) is 1.87. The van der Waals surface area contributed by atoms with Crippen molar-refractivity contribution in [2.45, 2.75) is 20.0 Å². The Bertz CT molecular complexity index is 599. The number of ether oxygens (including phenoxy) is 1. The van der Waals surface area contributed by atoms with E-state index in [1.807, 2.05) is 43.3 Å². The van der Waals surface area contributed by atoms with E-state index in [9.17, 15) is 4.79 Å². The van der Waals surface area contributed by atoms with Gasteiger partial charge in [-0.15, -0.1) is 0 Å². The van der Waals surface area contributed by atoms with Gasteiger partial charge in [0.05, 0.1) is 12.1 Å². The fraction of sp³-hybridized carbons (Fsp3) is 0.200. The van der Waals surface area contributed by atoms with Crippen LogP contribution in [0.2, 0.25) is 0 Å². The Kier molecular flexibility index (Phi) is 4.68. The molecule has 0 aliphatic heterocycles. The number of carbonyl (C=O) groups is 1. The van der Waals surface area contributed by atoms with Gasteiger partial charge in [-0.1, -0.05) is 24.3 Å². The number of hydrogen-bond acceptors (Lipinski definition) is 4. The molecule has 20 heavy (non-hydrogen) atoms. The number of pyridine rings is 1. The smallest absolute Gasteiger partial charge is 0.238 e. The van der Waals surface area contributed by atoms with E-state index in [1.165, 1.54) is 0 Å². The van der Waals surface area contributed by atoms with Gasteiger partial charge >= 0.3 is 0 Å². The molecule has 0 radical (unpaired) electrons. The quantitative estimate of drug-likeness (QED) is 0.491. The number of aryl methyl sites for hydroxylation is 1. The largest absolute Gasteiger partial charge is 0.487 e. The minimum Gasteiger partial charge on any atom is -0.487 e. The van der Waals surface area contributed by atoms with Crippen molar-refractivity contribution in [2.24, 2.45) is 5.84 Å². The summed E-state index contributed by atoms with van der Waals surface area (Å²) >= 11 is 0. The van der Waals surface area contributed by atoms with E-state index in [2.05, 4.69) is 10.4 Å². The molecule has 5 nitrogen and oxygen atoms in total. The van der Waals surface area contributed by atoms with Crippen molar-refractivity contribution >= 4 is 5.91 Å². The van der Waals surface area contributed by atoms with Gasteiger partial charge in [-0.25, -0.2) is 5.84 Å². The molecular weight excluding hydrogens is 254 g/mol. The standard InChI is InChI=1S/C15H17N3O2/c1-11-14(7-4-8-17-11)20-10-13-6-3-2-5-12(13)9-15(19)18-16/h2-8H,9-10,16H2,1H3,(H,18,19). The molecular formula is C15H17N3O2. The average Bonchev–Trinajstić information content (AvgIpc) is 2.47. The maximum atomic E-state index is 11.4. The normalized spacial score (nSPS) is 10.1. The molecule has 0 bridgehead atoms. The van der Waals surface area contributed by atoms with Crippen LogP contribution in [0.4, 0.5) is 0 Å². The zero-order valence-electron chi connectivity index (χ0n) is 11.3. The highest BCUT2D eigenvalue weighted by Gasteiger charge is 2.08. The third-order valence-electron chi connectivity index (χ3n) is 2.97. The van der Waals surface area contributed by atoms with Crippen molar-refractivity contribution in [3.8, 4) is 5.75 Å². The van der Waals surface area contributed by atoms with Crippen LogP contribution in [0.1, 0.15) is 16.8 Å². The van der Waals surface area contributed by atoms with E-state index in [0.29, 0.717) is 6.61 Å². The summed E-state index contributed by atoms with van der Waals surface area (Å²) in [7, 11) is 0. The molecule has 0 unspecified atom stereocenters. The van der Waals surface area contributed by atoms with E-state index in [0.717, 1.165) is 22.6 Å². The molecule has 0 atom stereocenters. The Labute approximate surface area is 117 Å². The Morgan fingerprint density at radius 1 is 1.25 bits per heavy atom. The maximum absolute atomic E-state index is 11.4. The first-order valence-electron chi connectivity index (χ1n) is 6.31. The Hall–Kier alpha value is -2.40. The lowest BCUT2D eigenvalue weighted by Crippen LogP contribution is -2.31. The second-order valence-electron chi connectivity index (χ2n) is 4.39. The summed E-state index contributed by atoms with van der Waals surface area (Å²) < 4.78 is 5.75. The van der Waals surface area contributed by atoms with Crippen LogP contribution >= 0.6 is 0 Å². The molecule has 1 aromatic carbocycles. The van der Waals surface area contributed by atoms with Crippen molar-refractivity contribution < 1.29 is 9.53 Å². The Balaban J connectivity index is 2.10. The van der Waals surface area contributed by atoms with Gasteiger partial charge < -0.3 is 4.74 Å². The summed E-state index contributed by atoms with van der Waals surface area (Å²) in [4.78, 5) is 15.5. The predicted molar refractivity (Wildman–Crippen MR) is 75.8 cm³/mol. The number of aromatic nitrogens is 1. The molecule has 0 aliphatic carbocycles. The minimum atomic E-state index is -0.227. The molecule has 2 rings (SSSR count). The molecule has 3 N–H and O–H groups in total. The zero-order valence-corrected chi connectivity index (χ0v) is 11.3. The van der Waals surface area contributed by atoms with Crippen LogP contribution in [0, 0.1) is 6.92 Å². The summed E-state index contributed by atoms with van der Waals surface area (Å²) in [6.07, 6.45) is 1.96. The summed E-state index contributed by atoms with van der Waals surface area (Å²) in [5, 5.41) is 0. The van der Waals surface area contributed by atoms with Crippen LogP contribution < -0.4 is 16.0 Å². The monoisotopic (exact) mass is 271 g/mol. The highest BCUT2D eigenvalue weighted by Crippen LogP contribution is 2.17. The van der Waals surface area contributed by atoms with Crippen LogP contribution in [-0.4, -0.2) is 10.9 Å². The lowest BCUT2D eigenvalue weighted by atomic mass is 10.1. The highest BCUT2D eigenvalue weighted by molar-refractivity contribution is 5.78. The van der Waals surface area contributed by atoms with Crippen molar-refractivity contribution in [1.29, 1.82) is 0 Å². The molecule has 1 heterocycles. The number of benzene rings is 1. The molecule has 0 saturated heterocycles. The van der Waals surface area contributed by atoms with Crippen LogP contribution in [-0.2, 0) is 17.8 Å². The summed E-state index contributed by atoms with van der Waals surface area (Å²) in [5.41, 5.74) is 4.83. The molecule has 0 fully saturated rings. The van der Waals surface area contributed by atoms with E-state index in [-0.39, 0.29) is 12.3 Å². The van der Waals surface area contributed by atoms with Gasteiger partial charge in [0.15, 0.2) is 0 Å². The molecule has 1 aromatic heterocycles. The second-order valence-corrected chi connectivity index (χ2v) is 4.39. The van der Waals surface area contributed by atoms with E-state index < -0.39 is 0 Å². The van der Waals surface area contributed by atoms with Crippen molar-refractivity contribution in [2.75, 3.05) is 0 Å². The van der Waals surface area contributed by atoms with Gasteiger partial charge in [0.25, 0.3) is 0 Å². The van der Waals surface area contributed by atoms with Gasteiger partial charge in [0.2, 0.25) is 5.91 Å². The van der Waals surface area contributed by atoms with Crippen LogP contribution in [0.25, 0.3) is 0 Å². The number of rotatable bonds is 5. The molecule has 0 saturated carbocycles. The maximum Gasteiger partial charge on any atom is 0.238 e. The number of nitrogens with one attached hydrogen (secondary N) is 1. The van der Waals surface area contributed by atoms with Gasteiger partial charge in [0, 0.05) is 6.20 Å². The van der Waals surface area contributed by atoms with E-state index in [4.69, 9.17) is 10.6 Å². The predicted octanol–water partition coefficient (Wildman–Crippen LogP) is 1.50. The van der Waals surface area contributed by atoms with Crippen LogP contribution in [0.15, 0.2) is 42.6 Å². The SMILES string of the molecule is Cc1ncccc1OCc1ccccc1CC(=O)NN. The molecule has 104 valence electrons. The van der Waals surface area contributed by atoms with Gasteiger partial charge in [-0.2, -0.15) is 0 Å². The molecule has 5 heteroatoms. The molecule has 2 aromatic rings. The minimum absolute atomic E-state index is 0.227. The van der Waals surface area contributed by atoms with Crippen molar-refractivity contribution in [3.63, 3.8) is 0 Å². The third-order valence-corrected chi connectivity index (χ3v) is 2.97. The molecule has 0 spiro atoms. The van der Waals surface area contributed by atoms with Crippen molar-refractivity contribution in [1.82, 2.24) is 10.4 Å². The van der Waals surface area contributed by atoms with Crippen LogP contribution in [0.3, 0.4) is 0 Å². The topological polar surface area (TPSA) is 77.2 Å². The number of carbonyl (C=O) groups excluding carboxylic acids is 1. The second kappa shape index (κ2) is 6.68. The number of nitrogens with zero attached hydrogens (tertiary/aromatic N) is 1.